The number of H-pyrrole nitrogens is 1. The number of benzene rings is 1. The van der Waals surface area contributed by atoms with Crippen LogP contribution >= 0.6 is 35.3 Å². The summed E-state index contributed by atoms with van der Waals surface area (Å²) >= 11 is 1.00. The summed E-state index contributed by atoms with van der Waals surface area (Å²) in [6.45, 7) is 0.944. The lowest BCUT2D eigenvalue weighted by molar-refractivity contribution is -0.140. The summed E-state index contributed by atoms with van der Waals surface area (Å²) in [7, 11) is 1.63. The van der Waals surface area contributed by atoms with E-state index >= 15 is 0 Å². The number of rotatable bonds is 6. The van der Waals surface area contributed by atoms with Crippen LogP contribution in [0.2, 0.25) is 0 Å². The molecule has 0 spiro atoms. The van der Waals surface area contributed by atoms with E-state index < -0.39 is 11.9 Å². The Kier molecular flexibility index (Phi) is 8.37. The zero-order valence-corrected chi connectivity index (χ0v) is 18.5. The molecule has 0 atom stereocenters. The summed E-state index contributed by atoms with van der Waals surface area (Å²) in [6.07, 6.45) is -2.57. The number of nitrogens with zero attached hydrogens (tertiary/aromatic N) is 4. The molecule has 7 nitrogen and oxygen atoms in total. The highest BCUT2D eigenvalue weighted by molar-refractivity contribution is 14.0. The van der Waals surface area contributed by atoms with Gasteiger partial charge in [-0.1, -0.05) is 18.2 Å². The number of aromatic amines is 1. The predicted octanol–water partition coefficient (Wildman–Crippen LogP) is 3.47. The topological polar surface area (TPSA) is 90.9 Å². The van der Waals surface area contributed by atoms with Gasteiger partial charge in [0.1, 0.15) is 6.33 Å². The molecule has 0 fully saturated rings. The second-order valence-corrected chi connectivity index (χ2v) is 6.70. The van der Waals surface area contributed by atoms with E-state index in [0.29, 0.717) is 36.3 Å². The van der Waals surface area contributed by atoms with Crippen LogP contribution in [0, 0.1) is 0 Å². The molecule has 0 aliphatic rings. The molecule has 2 heterocycles. The van der Waals surface area contributed by atoms with Gasteiger partial charge in [0, 0.05) is 37.5 Å². The van der Waals surface area contributed by atoms with Gasteiger partial charge in [-0.05, 0) is 11.6 Å². The van der Waals surface area contributed by atoms with E-state index in [1.165, 1.54) is 6.33 Å². The molecular formula is C17H19F3IN7S. The lowest BCUT2D eigenvalue weighted by atomic mass is 10.1. The first-order chi connectivity index (χ1) is 13.5. The third-order valence-corrected chi connectivity index (χ3v) is 4.68. The highest BCUT2D eigenvalue weighted by Gasteiger charge is 2.33. The molecular weight excluding hydrogens is 518 g/mol. The van der Waals surface area contributed by atoms with E-state index in [1.54, 1.807) is 7.05 Å². The normalized spacial score (nSPS) is 11.8. The fourth-order valence-electron chi connectivity index (χ4n) is 2.42. The van der Waals surface area contributed by atoms with Gasteiger partial charge in [-0.2, -0.15) is 18.3 Å². The Hall–Kier alpha value is -2.22. The Balaban J connectivity index is 0.00000300. The highest BCUT2D eigenvalue weighted by atomic mass is 127. The van der Waals surface area contributed by atoms with Crippen LogP contribution in [-0.2, 0) is 19.1 Å². The molecule has 0 saturated carbocycles. The van der Waals surface area contributed by atoms with Crippen molar-refractivity contribution in [2.24, 2.45) is 4.99 Å². The Morgan fingerprint density at radius 2 is 2.10 bits per heavy atom. The second kappa shape index (κ2) is 10.5. The van der Waals surface area contributed by atoms with Crippen LogP contribution in [-0.4, -0.2) is 39.7 Å². The second-order valence-electron chi connectivity index (χ2n) is 5.76. The minimum absolute atomic E-state index is 0. The minimum Gasteiger partial charge on any atom is -0.356 e. The van der Waals surface area contributed by atoms with E-state index in [4.69, 9.17) is 0 Å². The first-order valence-electron chi connectivity index (χ1n) is 8.36. The molecule has 0 bridgehead atoms. The molecule has 0 radical (unpaired) electrons. The van der Waals surface area contributed by atoms with E-state index in [9.17, 15) is 13.2 Å². The Bertz CT molecular complexity index is 925. The monoisotopic (exact) mass is 537 g/mol. The van der Waals surface area contributed by atoms with Crippen molar-refractivity contribution < 1.29 is 13.2 Å². The number of guanidine groups is 1. The van der Waals surface area contributed by atoms with Crippen molar-refractivity contribution in [1.29, 1.82) is 0 Å². The molecule has 3 rings (SSSR count). The van der Waals surface area contributed by atoms with Gasteiger partial charge in [0.15, 0.2) is 17.5 Å². The van der Waals surface area contributed by atoms with Gasteiger partial charge in [0.25, 0.3) is 0 Å². The van der Waals surface area contributed by atoms with Gasteiger partial charge < -0.3 is 10.6 Å². The van der Waals surface area contributed by atoms with Gasteiger partial charge in [-0.3, -0.25) is 10.1 Å². The van der Waals surface area contributed by atoms with Crippen molar-refractivity contribution in [3.8, 4) is 11.4 Å². The fourth-order valence-corrected chi connectivity index (χ4v) is 3.23. The summed E-state index contributed by atoms with van der Waals surface area (Å²) in [5, 5.41) is 14.4. The minimum atomic E-state index is -4.40. The molecule has 0 aliphatic carbocycles. The number of hydrogen-bond acceptors (Lipinski definition) is 5. The summed E-state index contributed by atoms with van der Waals surface area (Å²) in [4.78, 5) is 11.9. The number of thiazole rings is 1. The lowest BCUT2D eigenvalue weighted by Crippen LogP contribution is -2.37. The first-order valence-corrected chi connectivity index (χ1v) is 9.24. The zero-order valence-electron chi connectivity index (χ0n) is 15.3. The lowest BCUT2D eigenvalue weighted by Gasteiger charge is -2.12. The largest absolute Gasteiger partial charge is 0.434 e. The van der Waals surface area contributed by atoms with Crippen molar-refractivity contribution >= 4 is 41.3 Å². The third-order valence-electron chi connectivity index (χ3n) is 3.77. The average molecular weight is 537 g/mol. The van der Waals surface area contributed by atoms with E-state index in [2.05, 4.69) is 35.8 Å². The molecule has 12 heteroatoms. The summed E-state index contributed by atoms with van der Waals surface area (Å²) in [5.74, 6) is 1.24. The number of alkyl halides is 3. The third kappa shape index (κ3) is 6.66. The summed E-state index contributed by atoms with van der Waals surface area (Å²) in [5.41, 5.74) is 1.09. The average Bonchev–Trinajstić information content (AvgIpc) is 3.36. The molecule has 0 saturated heterocycles. The smallest absolute Gasteiger partial charge is 0.356 e. The molecule has 3 N–H and O–H groups in total. The van der Waals surface area contributed by atoms with E-state index in [-0.39, 0.29) is 24.0 Å². The van der Waals surface area contributed by atoms with Crippen LogP contribution in [0.4, 0.5) is 13.2 Å². The quantitative estimate of drug-likeness (QED) is 0.255. The van der Waals surface area contributed by atoms with Gasteiger partial charge in [-0.25, -0.2) is 9.97 Å². The van der Waals surface area contributed by atoms with Crippen molar-refractivity contribution in [2.45, 2.75) is 19.1 Å². The van der Waals surface area contributed by atoms with Crippen molar-refractivity contribution in [1.82, 2.24) is 30.8 Å². The molecule has 3 aromatic rings. The van der Waals surface area contributed by atoms with Crippen LogP contribution in [0.3, 0.4) is 0 Å². The number of aromatic nitrogens is 4. The number of aliphatic imine (C=N–C) groups is 1. The van der Waals surface area contributed by atoms with E-state index in [0.717, 1.165) is 27.8 Å². The summed E-state index contributed by atoms with van der Waals surface area (Å²) in [6, 6.07) is 7.80. The zero-order chi connectivity index (χ0) is 20.0. The van der Waals surface area contributed by atoms with Crippen LogP contribution in [0.25, 0.3) is 11.4 Å². The standard InChI is InChI=1S/C17H18F3N7S.HI/c1-21-16(22-6-5-14-26-13(9-28-14)17(18,19)20)23-8-11-3-2-4-12(7-11)15-24-10-25-27-15;/h2-4,7,9-10H,5-6,8H2,1H3,(H2,21,22,23)(H,24,25,27);1H. The van der Waals surface area contributed by atoms with Gasteiger partial charge in [0.2, 0.25) is 0 Å². The molecule has 0 unspecified atom stereocenters. The maximum absolute atomic E-state index is 12.6. The van der Waals surface area contributed by atoms with Gasteiger partial charge >= 0.3 is 6.18 Å². The first kappa shape index (κ1) is 23.1. The SMILES string of the molecule is CN=C(NCCc1nc(C(F)(F)F)cs1)NCc1cccc(-c2ncn[nH]2)c1.I. The number of nitrogens with one attached hydrogen (secondary N) is 3. The van der Waals surface area contributed by atoms with Gasteiger partial charge in [0.05, 0.1) is 5.01 Å². The molecule has 2 aromatic heterocycles. The molecule has 156 valence electrons. The number of hydrogen-bond donors (Lipinski definition) is 3. The Morgan fingerprint density at radius 1 is 1.28 bits per heavy atom. The molecule has 0 amide bonds. The maximum atomic E-state index is 12.6. The molecule has 29 heavy (non-hydrogen) atoms. The Labute approximate surface area is 186 Å². The molecule has 1 aromatic carbocycles. The predicted molar refractivity (Wildman–Crippen MR) is 116 cm³/mol. The fraction of sp³-hybridized carbons (Fsp3) is 0.294. The van der Waals surface area contributed by atoms with Crippen LogP contribution in [0.15, 0.2) is 41.0 Å². The van der Waals surface area contributed by atoms with Crippen molar-refractivity contribution in [2.75, 3.05) is 13.6 Å². The van der Waals surface area contributed by atoms with Crippen LogP contribution in [0.1, 0.15) is 16.3 Å². The maximum Gasteiger partial charge on any atom is 0.434 e. The number of halogens is 4. The van der Waals surface area contributed by atoms with Gasteiger partial charge in [-0.15, -0.1) is 35.3 Å². The van der Waals surface area contributed by atoms with Crippen molar-refractivity contribution in [3.05, 3.63) is 52.2 Å². The van der Waals surface area contributed by atoms with Crippen molar-refractivity contribution in [3.63, 3.8) is 0 Å². The summed E-state index contributed by atoms with van der Waals surface area (Å²) < 4.78 is 37.7. The Morgan fingerprint density at radius 3 is 2.76 bits per heavy atom. The molecule has 0 aliphatic heterocycles. The van der Waals surface area contributed by atoms with E-state index in [1.807, 2.05) is 24.3 Å². The van der Waals surface area contributed by atoms with Crippen LogP contribution in [0.5, 0.6) is 0 Å². The van der Waals surface area contributed by atoms with Crippen LogP contribution < -0.4 is 10.6 Å². The highest BCUT2D eigenvalue weighted by Crippen LogP contribution is 2.30.